The van der Waals surface area contributed by atoms with Gasteiger partial charge in [0.15, 0.2) is 0 Å². The second-order valence-electron chi connectivity index (χ2n) is 14.4. The van der Waals surface area contributed by atoms with Crippen molar-refractivity contribution in [1.82, 2.24) is 16.0 Å². The van der Waals surface area contributed by atoms with Crippen LogP contribution in [0, 0.1) is 46.3 Å². The number of carbonyl (C=O) groups excluding carboxylic acids is 3. The van der Waals surface area contributed by atoms with E-state index >= 15 is 0 Å². The number of amides is 3. The smallest absolute Gasteiger partial charge is 0.221 e. The molecule has 0 spiro atoms. The van der Waals surface area contributed by atoms with E-state index in [1.165, 1.54) is 0 Å². The summed E-state index contributed by atoms with van der Waals surface area (Å²) in [6.45, 7) is 9.71. The fraction of sp³-hybridized carbons (Fsp3) is 0.906. The van der Waals surface area contributed by atoms with Crippen LogP contribution in [-0.4, -0.2) is 60.6 Å². The summed E-state index contributed by atoms with van der Waals surface area (Å²) in [7, 11) is 0. The lowest BCUT2D eigenvalue weighted by Gasteiger charge is -2.65. The van der Waals surface area contributed by atoms with Gasteiger partial charge in [-0.15, -0.1) is 0 Å². The van der Waals surface area contributed by atoms with E-state index in [1.54, 1.807) is 6.92 Å². The molecule has 0 aromatic rings. The Balaban J connectivity index is 1.69. The number of rotatable bonds is 11. The molecule has 4 aliphatic rings. The van der Waals surface area contributed by atoms with Crippen LogP contribution in [0.4, 0.5) is 0 Å². The lowest BCUT2D eigenvalue weighted by atomic mass is 9.42. The second kappa shape index (κ2) is 13.3. The van der Waals surface area contributed by atoms with E-state index in [9.17, 15) is 19.5 Å². The van der Waals surface area contributed by atoms with E-state index in [1.807, 2.05) is 0 Å². The van der Waals surface area contributed by atoms with Crippen LogP contribution in [0.2, 0.25) is 0 Å². The molecule has 0 bridgehead atoms. The van der Waals surface area contributed by atoms with Gasteiger partial charge < -0.3 is 32.5 Å². The number of carbonyl (C=O) groups is 3. The van der Waals surface area contributed by atoms with Crippen LogP contribution in [0.3, 0.4) is 0 Å². The lowest BCUT2D eigenvalue weighted by Crippen LogP contribution is -2.67. The first-order valence-electron chi connectivity index (χ1n) is 16.4. The van der Waals surface area contributed by atoms with E-state index in [0.29, 0.717) is 61.4 Å². The highest BCUT2D eigenvalue weighted by atomic mass is 16.3. The number of nitrogens with two attached hydrogens (primary N) is 2. The first-order chi connectivity index (χ1) is 19.5. The van der Waals surface area contributed by atoms with Gasteiger partial charge in [-0.25, -0.2) is 0 Å². The minimum absolute atomic E-state index is 0.0203. The van der Waals surface area contributed by atoms with E-state index in [-0.39, 0.29) is 53.3 Å². The molecule has 8 N–H and O–H groups in total. The predicted octanol–water partition coefficient (Wildman–Crippen LogP) is 2.45. The first-order valence-corrected chi connectivity index (χ1v) is 16.4. The van der Waals surface area contributed by atoms with Gasteiger partial charge in [-0.05, 0) is 104 Å². The zero-order valence-corrected chi connectivity index (χ0v) is 25.9. The summed E-state index contributed by atoms with van der Waals surface area (Å²) in [5.74, 6) is 2.46. The fourth-order valence-electron chi connectivity index (χ4n) is 10.4. The van der Waals surface area contributed by atoms with Crippen LogP contribution in [-0.2, 0) is 14.4 Å². The number of nitrogens with one attached hydrogen (secondary N) is 3. The predicted molar refractivity (Wildman–Crippen MR) is 160 cm³/mol. The van der Waals surface area contributed by atoms with Crippen LogP contribution < -0.4 is 27.4 Å². The van der Waals surface area contributed by atoms with Crippen molar-refractivity contribution in [2.45, 2.75) is 116 Å². The molecule has 0 saturated heterocycles. The number of aliphatic hydroxyl groups is 1. The lowest BCUT2D eigenvalue weighted by molar-refractivity contribution is -0.153. The van der Waals surface area contributed by atoms with Gasteiger partial charge in [0.05, 0.1) is 0 Å². The quantitative estimate of drug-likeness (QED) is 0.222. The number of fused-ring (bicyclic) bond motifs is 5. The summed E-state index contributed by atoms with van der Waals surface area (Å²) in [5.41, 5.74) is 11.4. The average molecular weight is 576 g/mol. The van der Waals surface area contributed by atoms with E-state index in [0.717, 1.165) is 57.8 Å². The summed E-state index contributed by atoms with van der Waals surface area (Å²) < 4.78 is 0. The van der Waals surface area contributed by atoms with Crippen LogP contribution in [0.25, 0.3) is 0 Å². The first kappa shape index (κ1) is 32.2. The molecule has 4 fully saturated rings. The summed E-state index contributed by atoms with van der Waals surface area (Å²) in [5, 5.41) is 19.7. The Bertz CT molecular complexity index is 947. The maximum atomic E-state index is 13.1. The van der Waals surface area contributed by atoms with E-state index in [2.05, 4.69) is 36.7 Å². The third-order valence-electron chi connectivity index (χ3n) is 12.3. The molecular formula is C32H57N5O4. The van der Waals surface area contributed by atoms with Crippen molar-refractivity contribution in [2.75, 3.05) is 19.7 Å². The number of hydrogen-bond donors (Lipinski definition) is 6. The van der Waals surface area contributed by atoms with Crippen molar-refractivity contribution in [3.05, 3.63) is 0 Å². The Morgan fingerprint density at radius 2 is 1.61 bits per heavy atom. The molecule has 0 radical (unpaired) electrons. The standard InChI is InChI=1S/C32H57N5O4/c1-19(6-5-15-38)23-7-8-24-30-25(18-27(32(23,24)4)37-29(41)11-14-34)31(3)12-9-22(36-28(40)10-13-33)16-21(31)17-26(30)35-20(2)39/h19,21-27,30,38H,5-18,33-34H2,1-4H3,(H,35,39)(H,36,40)(H,37,41)/t19?,21?,22-,23?,24+,25+,26?,27?,30?,31+,32-/m1/s1. The molecular weight excluding hydrogens is 518 g/mol. The van der Waals surface area contributed by atoms with Gasteiger partial charge >= 0.3 is 0 Å². The highest BCUT2D eigenvalue weighted by molar-refractivity contribution is 5.77. The second-order valence-corrected chi connectivity index (χ2v) is 14.4. The molecule has 41 heavy (non-hydrogen) atoms. The fourth-order valence-corrected chi connectivity index (χ4v) is 10.4. The maximum absolute atomic E-state index is 13.1. The largest absolute Gasteiger partial charge is 0.396 e. The molecule has 0 aromatic heterocycles. The molecule has 0 aromatic carbocycles. The third kappa shape index (κ3) is 6.32. The van der Waals surface area contributed by atoms with E-state index in [4.69, 9.17) is 11.5 Å². The van der Waals surface area contributed by atoms with Gasteiger partial charge in [-0.3, -0.25) is 14.4 Å². The minimum Gasteiger partial charge on any atom is -0.396 e. The van der Waals surface area contributed by atoms with Crippen molar-refractivity contribution < 1.29 is 19.5 Å². The highest BCUT2D eigenvalue weighted by Gasteiger charge is 2.66. The van der Waals surface area contributed by atoms with Gasteiger partial charge in [0, 0.05) is 57.6 Å². The normalized spacial score (nSPS) is 40.5. The van der Waals surface area contributed by atoms with Crippen molar-refractivity contribution in [3.63, 3.8) is 0 Å². The maximum Gasteiger partial charge on any atom is 0.221 e. The molecule has 4 saturated carbocycles. The molecule has 234 valence electrons. The zero-order chi connectivity index (χ0) is 29.9. The summed E-state index contributed by atoms with van der Waals surface area (Å²) in [6.07, 6.45) is 9.40. The molecule has 0 aliphatic heterocycles. The SMILES string of the molecule is CC(=O)NC1CC2C[C@H](NC(=O)CCN)CC[C@]2(C)[C@H]2CC(NC(=O)CCN)[C@]3(C)C(C(C)CCCO)CC[C@H]3C12. The van der Waals surface area contributed by atoms with E-state index < -0.39 is 0 Å². The van der Waals surface area contributed by atoms with Crippen LogP contribution in [0.1, 0.15) is 98.3 Å². The molecule has 0 heterocycles. The zero-order valence-electron chi connectivity index (χ0n) is 25.9. The Kier molecular flexibility index (Phi) is 10.4. The van der Waals surface area contributed by atoms with Gasteiger partial charge in [0.25, 0.3) is 0 Å². The summed E-state index contributed by atoms with van der Waals surface area (Å²) >= 11 is 0. The molecule has 9 heteroatoms. The van der Waals surface area contributed by atoms with Crippen LogP contribution in [0.5, 0.6) is 0 Å². The Morgan fingerprint density at radius 1 is 0.927 bits per heavy atom. The molecule has 4 rings (SSSR count). The third-order valence-corrected chi connectivity index (χ3v) is 12.3. The molecule has 6 unspecified atom stereocenters. The molecule has 3 amide bonds. The monoisotopic (exact) mass is 575 g/mol. The van der Waals surface area contributed by atoms with Crippen molar-refractivity contribution in [2.24, 2.45) is 57.8 Å². The van der Waals surface area contributed by atoms with Gasteiger partial charge in [0.1, 0.15) is 0 Å². The number of hydrogen-bond acceptors (Lipinski definition) is 6. The summed E-state index contributed by atoms with van der Waals surface area (Å²) in [6, 6.07) is 0.275. The molecule has 11 atom stereocenters. The van der Waals surface area contributed by atoms with Gasteiger partial charge in [-0.2, -0.15) is 0 Å². The topological polar surface area (TPSA) is 160 Å². The van der Waals surface area contributed by atoms with Crippen LogP contribution >= 0.6 is 0 Å². The van der Waals surface area contributed by atoms with Gasteiger partial charge in [0.2, 0.25) is 17.7 Å². The Hall–Kier alpha value is -1.71. The Labute approximate surface area is 247 Å². The Morgan fingerprint density at radius 3 is 2.24 bits per heavy atom. The number of aliphatic hydroxyl groups excluding tert-OH is 1. The average Bonchev–Trinajstić information content (AvgIpc) is 3.26. The van der Waals surface area contributed by atoms with Crippen molar-refractivity contribution >= 4 is 17.7 Å². The molecule has 9 nitrogen and oxygen atoms in total. The highest BCUT2D eigenvalue weighted by Crippen LogP contribution is 2.68. The molecule has 4 aliphatic carbocycles. The van der Waals surface area contributed by atoms with Crippen molar-refractivity contribution in [3.8, 4) is 0 Å². The van der Waals surface area contributed by atoms with Crippen molar-refractivity contribution in [1.29, 1.82) is 0 Å². The minimum atomic E-state index is -0.0897. The summed E-state index contributed by atoms with van der Waals surface area (Å²) in [4.78, 5) is 38.1. The van der Waals surface area contributed by atoms with Crippen LogP contribution in [0.15, 0.2) is 0 Å². The van der Waals surface area contributed by atoms with Gasteiger partial charge in [-0.1, -0.05) is 20.8 Å².